The van der Waals surface area contributed by atoms with Crippen molar-refractivity contribution in [2.24, 2.45) is 0 Å². The van der Waals surface area contributed by atoms with Crippen molar-refractivity contribution in [3.05, 3.63) is 57.3 Å². The van der Waals surface area contributed by atoms with Crippen molar-refractivity contribution < 1.29 is 14.3 Å². The van der Waals surface area contributed by atoms with Gasteiger partial charge in [-0.3, -0.25) is 9.59 Å². The number of alkyl carbamates (subject to hydrolysis) is 1. The maximum Gasteiger partial charge on any atom is 0.408 e. The number of thiophene rings is 1. The Labute approximate surface area is 203 Å². The molecule has 1 aliphatic rings. The van der Waals surface area contributed by atoms with E-state index in [1.807, 2.05) is 24.4 Å². The molecule has 4 rings (SSSR count). The van der Waals surface area contributed by atoms with Gasteiger partial charge in [0.05, 0.1) is 10.9 Å². The molecule has 0 unspecified atom stereocenters. The highest BCUT2D eigenvalue weighted by Gasteiger charge is 2.43. The fourth-order valence-corrected chi connectivity index (χ4v) is 5.13. The number of hydrogen-bond donors (Lipinski definition) is 1. The molecule has 0 aliphatic carbocycles. The standard InChI is InChI=1S/C26H31N3O4S/c1-16-7-8-18(11-17(16)2)19-13-34-20-9-10-28(23(31)22(19)20)12-21(30)29-14-26(6,15-29)27-24(32)33-25(3,4)5/h7-11,13H,12,14-15H2,1-6H3,(H,27,32). The van der Waals surface area contributed by atoms with Crippen LogP contribution in [0.15, 0.2) is 40.6 Å². The topological polar surface area (TPSA) is 80.6 Å². The SMILES string of the molecule is Cc1ccc(-c2csc3ccn(CC(=O)N4CC(C)(NC(=O)OC(C)(C)C)C4)c(=O)c23)cc1C. The molecule has 0 bridgehead atoms. The summed E-state index contributed by atoms with van der Waals surface area (Å²) in [5.41, 5.74) is 2.97. The van der Waals surface area contributed by atoms with E-state index in [1.165, 1.54) is 27.0 Å². The van der Waals surface area contributed by atoms with E-state index in [4.69, 9.17) is 4.74 Å². The third kappa shape index (κ3) is 4.87. The number of rotatable bonds is 4. The predicted octanol–water partition coefficient (Wildman–Crippen LogP) is 4.47. The van der Waals surface area contributed by atoms with E-state index in [-0.39, 0.29) is 18.0 Å². The van der Waals surface area contributed by atoms with Crippen LogP contribution in [0.4, 0.5) is 4.79 Å². The highest BCUT2D eigenvalue weighted by Crippen LogP contribution is 2.32. The molecule has 3 heterocycles. The van der Waals surface area contributed by atoms with Gasteiger partial charge in [0, 0.05) is 34.9 Å². The van der Waals surface area contributed by atoms with Crippen molar-refractivity contribution in [2.45, 2.75) is 59.2 Å². The monoisotopic (exact) mass is 481 g/mol. The molecule has 0 radical (unpaired) electrons. The number of carbonyl (C=O) groups is 2. The second-order valence-electron chi connectivity index (χ2n) is 10.4. The maximum atomic E-state index is 13.3. The summed E-state index contributed by atoms with van der Waals surface area (Å²) < 4.78 is 7.69. The number of carbonyl (C=O) groups excluding carboxylic acids is 2. The zero-order chi connectivity index (χ0) is 24.8. The Morgan fingerprint density at radius 2 is 1.85 bits per heavy atom. The van der Waals surface area contributed by atoms with Gasteiger partial charge in [0.15, 0.2) is 0 Å². The molecule has 1 fully saturated rings. The average Bonchev–Trinajstić information content (AvgIpc) is 3.13. The van der Waals surface area contributed by atoms with Crippen molar-refractivity contribution in [1.82, 2.24) is 14.8 Å². The lowest BCUT2D eigenvalue weighted by Gasteiger charge is -2.48. The lowest BCUT2D eigenvalue weighted by Crippen LogP contribution is -2.70. The van der Waals surface area contributed by atoms with Gasteiger partial charge in [0.25, 0.3) is 5.56 Å². The molecule has 1 saturated heterocycles. The van der Waals surface area contributed by atoms with Crippen molar-refractivity contribution in [2.75, 3.05) is 13.1 Å². The number of benzene rings is 1. The van der Waals surface area contributed by atoms with Crippen molar-refractivity contribution >= 4 is 33.4 Å². The Balaban J connectivity index is 1.48. The zero-order valence-electron chi connectivity index (χ0n) is 20.5. The van der Waals surface area contributed by atoms with Crippen LogP contribution in [-0.2, 0) is 16.1 Å². The van der Waals surface area contributed by atoms with Gasteiger partial charge in [-0.25, -0.2) is 4.79 Å². The molecule has 34 heavy (non-hydrogen) atoms. The molecule has 0 spiro atoms. The van der Waals surface area contributed by atoms with Gasteiger partial charge >= 0.3 is 6.09 Å². The normalized spacial score (nSPS) is 15.2. The Morgan fingerprint density at radius 1 is 1.15 bits per heavy atom. The third-order valence-corrected chi connectivity index (χ3v) is 7.01. The lowest BCUT2D eigenvalue weighted by atomic mass is 9.92. The maximum absolute atomic E-state index is 13.3. The molecule has 1 N–H and O–H groups in total. The number of likely N-dealkylation sites (tertiary alicyclic amines) is 1. The number of nitrogens with one attached hydrogen (secondary N) is 1. The number of ether oxygens (including phenoxy) is 1. The molecule has 2 amide bonds. The van der Waals surface area contributed by atoms with Gasteiger partial charge in [0.1, 0.15) is 12.1 Å². The Bertz CT molecular complexity index is 1330. The van der Waals surface area contributed by atoms with Crippen molar-refractivity contribution in [3.63, 3.8) is 0 Å². The molecule has 2 aromatic heterocycles. The first-order valence-corrected chi connectivity index (χ1v) is 12.2. The lowest BCUT2D eigenvalue weighted by molar-refractivity contribution is -0.140. The number of fused-ring (bicyclic) bond motifs is 1. The van der Waals surface area contributed by atoms with Crippen LogP contribution < -0.4 is 10.9 Å². The fourth-order valence-electron chi connectivity index (χ4n) is 4.18. The molecule has 1 aromatic carbocycles. The molecule has 0 atom stereocenters. The molecular formula is C26H31N3O4S. The van der Waals surface area contributed by atoms with Gasteiger partial charge in [0.2, 0.25) is 5.91 Å². The second-order valence-corrected chi connectivity index (χ2v) is 11.3. The number of nitrogens with zero attached hydrogens (tertiary/aromatic N) is 2. The number of hydrogen-bond acceptors (Lipinski definition) is 5. The number of pyridine rings is 1. The highest BCUT2D eigenvalue weighted by molar-refractivity contribution is 7.17. The van der Waals surface area contributed by atoms with E-state index < -0.39 is 17.2 Å². The zero-order valence-corrected chi connectivity index (χ0v) is 21.3. The minimum atomic E-state index is -0.586. The number of amides is 2. The van der Waals surface area contributed by atoms with Crippen LogP contribution in [-0.4, -0.2) is 45.7 Å². The minimum Gasteiger partial charge on any atom is -0.444 e. The van der Waals surface area contributed by atoms with Gasteiger partial charge in [-0.1, -0.05) is 18.2 Å². The van der Waals surface area contributed by atoms with E-state index in [9.17, 15) is 14.4 Å². The molecule has 180 valence electrons. The van der Waals surface area contributed by atoms with Crippen molar-refractivity contribution in [3.8, 4) is 11.1 Å². The summed E-state index contributed by atoms with van der Waals surface area (Å²) in [6.45, 7) is 12.1. The van der Waals surface area contributed by atoms with Gasteiger partial charge < -0.3 is 19.5 Å². The van der Waals surface area contributed by atoms with Crippen LogP contribution in [0.25, 0.3) is 21.2 Å². The second kappa shape index (κ2) is 8.58. The summed E-state index contributed by atoms with van der Waals surface area (Å²) in [4.78, 5) is 39.9. The third-order valence-electron chi connectivity index (χ3n) is 6.06. The predicted molar refractivity (Wildman–Crippen MR) is 135 cm³/mol. The largest absolute Gasteiger partial charge is 0.444 e. The number of aryl methyl sites for hydroxylation is 2. The van der Waals surface area contributed by atoms with Crippen LogP contribution >= 0.6 is 11.3 Å². The molecule has 8 heteroatoms. The van der Waals surface area contributed by atoms with Crippen LogP contribution in [0.3, 0.4) is 0 Å². The summed E-state index contributed by atoms with van der Waals surface area (Å²) in [6, 6.07) is 8.08. The van der Waals surface area contributed by atoms with E-state index >= 15 is 0 Å². The van der Waals surface area contributed by atoms with Crippen molar-refractivity contribution in [1.29, 1.82) is 0 Å². The van der Waals surface area contributed by atoms with Crippen LogP contribution in [0.2, 0.25) is 0 Å². The average molecular weight is 482 g/mol. The van der Waals surface area contributed by atoms with Gasteiger partial charge in [-0.15, -0.1) is 11.3 Å². The number of aromatic nitrogens is 1. The molecule has 7 nitrogen and oxygen atoms in total. The molecule has 0 saturated carbocycles. The summed E-state index contributed by atoms with van der Waals surface area (Å²) in [5.74, 6) is -0.159. The minimum absolute atomic E-state index is 0.0422. The Hall–Kier alpha value is -3.13. The first-order valence-electron chi connectivity index (χ1n) is 11.3. The summed E-state index contributed by atoms with van der Waals surface area (Å²) in [6.07, 6.45) is 1.18. The van der Waals surface area contributed by atoms with Crippen LogP contribution in [0, 0.1) is 13.8 Å². The Morgan fingerprint density at radius 3 is 2.50 bits per heavy atom. The van der Waals surface area contributed by atoms with E-state index in [1.54, 1.807) is 31.9 Å². The van der Waals surface area contributed by atoms with E-state index in [2.05, 4.69) is 31.3 Å². The Kier molecular flexibility index (Phi) is 6.06. The van der Waals surface area contributed by atoms with Crippen LogP contribution in [0.5, 0.6) is 0 Å². The molecule has 1 aliphatic heterocycles. The van der Waals surface area contributed by atoms with Gasteiger partial charge in [-0.05, 0) is 64.3 Å². The first-order chi connectivity index (χ1) is 15.8. The van der Waals surface area contributed by atoms with Gasteiger partial charge in [-0.2, -0.15) is 0 Å². The van der Waals surface area contributed by atoms with Crippen LogP contribution in [0.1, 0.15) is 38.8 Å². The summed E-state index contributed by atoms with van der Waals surface area (Å²) in [5, 5.41) is 5.49. The summed E-state index contributed by atoms with van der Waals surface area (Å²) in [7, 11) is 0. The highest BCUT2D eigenvalue weighted by atomic mass is 32.1. The van der Waals surface area contributed by atoms with E-state index in [0.717, 1.165) is 15.8 Å². The quantitative estimate of drug-likeness (QED) is 0.596. The molecule has 3 aromatic rings. The molecular weight excluding hydrogens is 450 g/mol. The summed E-state index contributed by atoms with van der Waals surface area (Å²) >= 11 is 1.53. The van der Waals surface area contributed by atoms with E-state index in [0.29, 0.717) is 18.5 Å². The fraction of sp³-hybridized carbons (Fsp3) is 0.423. The first kappa shape index (κ1) is 24.0. The smallest absolute Gasteiger partial charge is 0.408 e.